The molecular formula is C30H37ClNP2Pd. The molecule has 35 heavy (non-hydrogen) atoms. The smallest absolute Gasteiger partial charge is 0.147 e. The van der Waals surface area contributed by atoms with Gasteiger partial charge in [0.25, 0.3) is 0 Å². The van der Waals surface area contributed by atoms with E-state index in [-0.39, 0.29) is 34.4 Å². The zero-order chi connectivity index (χ0) is 23.1. The second-order valence-corrected chi connectivity index (χ2v) is 20.1. The standard InChI is InChI=1S/2C13H12P.C4H9.ClH.H3N.Pd/c2*1-14(12-8-4-2-5-9-12)13-10-6-3-7-11-13;1-4(2)3;;;/h2*2-11H,1H2;1-3H3;1H;1H3;. The maximum absolute atomic E-state index is 2.49. The number of halogens is 1. The van der Waals surface area contributed by atoms with Gasteiger partial charge in [-0.2, -0.15) is 0 Å². The molecule has 0 saturated carbocycles. The second-order valence-electron chi connectivity index (χ2n) is 8.75. The van der Waals surface area contributed by atoms with Gasteiger partial charge in [0, 0.05) is 0 Å². The van der Waals surface area contributed by atoms with Gasteiger partial charge >= 0.3 is 209 Å². The molecule has 0 heterocycles. The first-order chi connectivity index (χ1) is 16.0. The fourth-order valence-corrected chi connectivity index (χ4v) is 20.8. The molecule has 0 unspecified atom stereocenters. The van der Waals surface area contributed by atoms with Gasteiger partial charge in [0.1, 0.15) is 0 Å². The maximum atomic E-state index is 2.49. The summed E-state index contributed by atoms with van der Waals surface area (Å²) in [6, 6.07) is 45.0. The third-order valence-corrected chi connectivity index (χ3v) is 19.8. The summed E-state index contributed by atoms with van der Waals surface area (Å²) in [7, 11) is -0.721. The van der Waals surface area contributed by atoms with Crippen LogP contribution in [0.4, 0.5) is 0 Å². The molecule has 0 radical (unpaired) electrons. The van der Waals surface area contributed by atoms with Crippen molar-refractivity contribution >= 4 is 49.5 Å². The van der Waals surface area contributed by atoms with Crippen molar-refractivity contribution in [1.82, 2.24) is 6.15 Å². The van der Waals surface area contributed by atoms with Crippen LogP contribution in [0.25, 0.3) is 0 Å². The van der Waals surface area contributed by atoms with Gasteiger partial charge in [-0.3, -0.25) is 0 Å². The van der Waals surface area contributed by atoms with Gasteiger partial charge in [-0.15, -0.1) is 12.4 Å². The van der Waals surface area contributed by atoms with Crippen LogP contribution in [-0.2, 0) is 16.8 Å². The van der Waals surface area contributed by atoms with Crippen LogP contribution in [0.5, 0.6) is 0 Å². The summed E-state index contributed by atoms with van der Waals surface area (Å²) in [6.07, 6.45) is 0. The van der Waals surface area contributed by atoms with E-state index in [1.165, 1.54) is 30.5 Å². The Balaban J connectivity index is 0.00000216. The van der Waals surface area contributed by atoms with E-state index in [1.54, 1.807) is 0 Å². The van der Waals surface area contributed by atoms with Gasteiger partial charge in [0.2, 0.25) is 0 Å². The van der Waals surface area contributed by atoms with Crippen molar-refractivity contribution < 1.29 is 16.8 Å². The SMILES string of the molecule is C[C](C)(C)[Pd]([CH2]P(c1ccccc1)c1ccccc1)[CH2]P(c1ccccc1)c1ccccc1.Cl.N. The number of hydrogen-bond acceptors (Lipinski definition) is 1. The molecule has 1 nitrogen and oxygen atoms in total. The van der Waals surface area contributed by atoms with E-state index in [0.29, 0.717) is 3.89 Å². The van der Waals surface area contributed by atoms with Crippen LogP contribution in [0, 0.1) is 0 Å². The van der Waals surface area contributed by atoms with Crippen LogP contribution >= 0.6 is 28.3 Å². The summed E-state index contributed by atoms with van der Waals surface area (Å²) < 4.78 is 3.01. The van der Waals surface area contributed by atoms with Crippen molar-refractivity contribution in [3.63, 3.8) is 0 Å². The molecule has 5 heteroatoms. The summed E-state index contributed by atoms with van der Waals surface area (Å²) in [5.74, 6) is 0. The molecule has 0 aliphatic rings. The van der Waals surface area contributed by atoms with Crippen molar-refractivity contribution in [1.29, 1.82) is 0 Å². The fraction of sp³-hybridized carbons (Fsp3) is 0.200. The van der Waals surface area contributed by atoms with Gasteiger partial charge in [0.15, 0.2) is 0 Å². The molecule has 0 atom stereocenters. The fourth-order valence-electron chi connectivity index (χ4n) is 3.53. The van der Waals surface area contributed by atoms with Crippen molar-refractivity contribution in [3.8, 4) is 0 Å². The van der Waals surface area contributed by atoms with Gasteiger partial charge in [-0.1, -0.05) is 0 Å². The number of benzene rings is 4. The zero-order valence-corrected chi connectivity index (χ0v) is 24.9. The Morgan fingerprint density at radius 3 is 0.914 bits per heavy atom. The summed E-state index contributed by atoms with van der Waals surface area (Å²) >= 11 is -0.877. The number of rotatable bonds is 8. The Morgan fingerprint density at radius 2 is 0.714 bits per heavy atom. The average Bonchev–Trinajstić information content (AvgIpc) is 2.85. The molecule has 4 aromatic rings. The molecule has 0 spiro atoms. The minimum Gasteiger partial charge on any atom is -0.344 e. The van der Waals surface area contributed by atoms with Crippen LogP contribution in [0.1, 0.15) is 20.8 Å². The molecule has 4 rings (SSSR count). The van der Waals surface area contributed by atoms with E-state index in [4.69, 9.17) is 0 Å². The molecule has 4 aromatic carbocycles. The van der Waals surface area contributed by atoms with Crippen LogP contribution < -0.4 is 27.4 Å². The van der Waals surface area contributed by atoms with Gasteiger partial charge in [0.05, 0.1) is 0 Å². The molecule has 3 N–H and O–H groups in total. The Bertz CT molecular complexity index is 943. The average molecular weight is 615 g/mol. The largest absolute Gasteiger partial charge is 0.344 e. The van der Waals surface area contributed by atoms with Crippen LogP contribution in [0.15, 0.2) is 121 Å². The molecule has 0 aromatic heterocycles. The molecule has 0 fully saturated rings. The third-order valence-electron chi connectivity index (χ3n) is 5.38. The summed E-state index contributed by atoms with van der Waals surface area (Å²) in [5, 5.41) is 6.05. The first kappa shape index (κ1) is 29.9. The third kappa shape index (κ3) is 8.34. The Kier molecular flexibility index (Phi) is 12.3. The Hall–Kier alpha value is -1.35. The molecule has 189 valence electrons. The molecule has 0 amide bonds. The molecule has 0 aliphatic heterocycles. The molecule has 0 bridgehead atoms. The van der Waals surface area contributed by atoms with Gasteiger partial charge in [-0.05, 0) is 0 Å². The quantitative estimate of drug-likeness (QED) is 0.161. The maximum Gasteiger partial charge on any atom is -0.147 e. The first-order valence-electron chi connectivity index (χ1n) is 11.3. The van der Waals surface area contributed by atoms with Crippen molar-refractivity contribution in [3.05, 3.63) is 121 Å². The first-order valence-corrected chi connectivity index (χ1v) is 17.3. The minimum atomic E-state index is -0.877. The van der Waals surface area contributed by atoms with Crippen LogP contribution in [0.3, 0.4) is 0 Å². The van der Waals surface area contributed by atoms with Crippen molar-refractivity contribution in [2.45, 2.75) is 24.7 Å². The van der Waals surface area contributed by atoms with Crippen LogP contribution in [-0.4, -0.2) is 9.27 Å². The number of hydrogen-bond donors (Lipinski definition) is 1. The molecule has 0 saturated heterocycles. The molecular weight excluding hydrogens is 578 g/mol. The monoisotopic (exact) mass is 614 g/mol. The van der Waals surface area contributed by atoms with Crippen LogP contribution in [0.2, 0.25) is 3.89 Å². The topological polar surface area (TPSA) is 35.0 Å². The second kappa shape index (κ2) is 14.4. The minimum absolute atomic E-state index is 0. The zero-order valence-electron chi connectivity index (χ0n) is 20.8. The van der Waals surface area contributed by atoms with E-state index >= 15 is 0 Å². The van der Waals surface area contributed by atoms with Gasteiger partial charge < -0.3 is 6.15 Å². The predicted octanol–water partition coefficient (Wildman–Crippen LogP) is 7.59. The Labute approximate surface area is 226 Å². The van der Waals surface area contributed by atoms with E-state index in [9.17, 15) is 0 Å². The Morgan fingerprint density at radius 1 is 0.486 bits per heavy atom. The van der Waals surface area contributed by atoms with Crippen molar-refractivity contribution in [2.75, 3.05) is 9.27 Å². The normalized spacial score (nSPS) is 11.5. The van der Waals surface area contributed by atoms with E-state index in [1.807, 2.05) is 0 Å². The van der Waals surface area contributed by atoms with Crippen molar-refractivity contribution in [2.24, 2.45) is 0 Å². The molecule has 0 aliphatic carbocycles. The summed E-state index contributed by atoms with van der Waals surface area (Å²) in [4.78, 5) is 0. The summed E-state index contributed by atoms with van der Waals surface area (Å²) in [5.41, 5.74) is 0. The van der Waals surface area contributed by atoms with E-state index < -0.39 is 16.8 Å². The predicted molar refractivity (Wildman–Crippen MR) is 160 cm³/mol. The van der Waals surface area contributed by atoms with E-state index in [2.05, 4.69) is 142 Å². The summed E-state index contributed by atoms with van der Waals surface area (Å²) in [6.45, 7) is 7.46. The van der Waals surface area contributed by atoms with E-state index in [0.717, 1.165) is 0 Å². The van der Waals surface area contributed by atoms with Gasteiger partial charge in [-0.25, -0.2) is 0 Å².